The molecule has 2 N–H and O–H groups in total. The molecule has 90 valence electrons. The summed E-state index contributed by atoms with van der Waals surface area (Å²) in [6, 6.07) is 0. The highest BCUT2D eigenvalue weighted by molar-refractivity contribution is 7.99. The van der Waals surface area contributed by atoms with E-state index >= 15 is 0 Å². The van der Waals surface area contributed by atoms with Gasteiger partial charge in [-0.05, 0) is 6.92 Å². The first-order chi connectivity index (χ1) is 8.20. The van der Waals surface area contributed by atoms with E-state index in [-0.39, 0.29) is 17.3 Å². The van der Waals surface area contributed by atoms with Gasteiger partial charge in [0.05, 0.1) is 18.6 Å². The van der Waals surface area contributed by atoms with Gasteiger partial charge in [0, 0.05) is 0 Å². The fraction of sp³-hybridized carbons (Fsp3) is 0.333. The van der Waals surface area contributed by atoms with Crippen molar-refractivity contribution in [1.82, 2.24) is 20.2 Å². The Labute approximate surface area is 100.0 Å². The number of hydrogen-bond acceptors (Lipinski definition) is 6. The van der Waals surface area contributed by atoms with Gasteiger partial charge in [-0.3, -0.25) is 14.7 Å². The topological polar surface area (TPSA) is 101 Å². The Bertz CT molecular complexity index is 591. The van der Waals surface area contributed by atoms with Crippen LogP contribution in [0.25, 0.3) is 11.0 Å². The molecule has 0 saturated carbocycles. The van der Waals surface area contributed by atoms with Crippen molar-refractivity contribution in [2.24, 2.45) is 0 Å². The number of ether oxygens (including phenoxy) is 1. The molecule has 17 heavy (non-hydrogen) atoms. The molecule has 0 aliphatic rings. The molecule has 0 aliphatic heterocycles. The summed E-state index contributed by atoms with van der Waals surface area (Å²) in [6.07, 6.45) is 1.40. The highest BCUT2D eigenvalue weighted by Crippen LogP contribution is 2.13. The van der Waals surface area contributed by atoms with E-state index < -0.39 is 0 Å². The van der Waals surface area contributed by atoms with Crippen LogP contribution in [0.15, 0.2) is 16.1 Å². The van der Waals surface area contributed by atoms with Crippen LogP contribution in [-0.4, -0.2) is 38.5 Å². The van der Waals surface area contributed by atoms with Gasteiger partial charge in [0.1, 0.15) is 5.39 Å². The molecule has 0 fully saturated rings. The molecule has 0 aliphatic carbocycles. The van der Waals surface area contributed by atoms with Crippen LogP contribution in [0.2, 0.25) is 0 Å². The fourth-order valence-electron chi connectivity index (χ4n) is 1.22. The van der Waals surface area contributed by atoms with E-state index in [9.17, 15) is 9.59 Å². The first-order valence-electron chi connectivity index (χ1n) is 4.92. The first-order valence-corrected chi connectivity index (χ1v) is 5.91. The predicted octanol–water partition coefficient (Wildman–Crippen LogP) is 0.301. The van der Waals surface area contributed by atoms with Crippen LogP contribution < -0.4 is 5.56 Å². The quantitative estimate of drug-likeness (QED) is 0.462. The monoisotopic (exact) mass is 254 g/mol. The Hall–Kier alpha value is -1.83. The molecule has 0 atom stereocenters. The van der Waals surface area contributed by atoms with Crippen molar-refractivity contribution in [2.45, 2.75) is 12.1 Å². The lowest BCUT2D eigenvalue weighted by Crippen LogP contribution is -2.11. The van der Waals surface area contributed by atoms with Gasteiger partial charge in [-0.2, -0.15) is 5.10 Å². The molecule has 2 aromatic rings. The number of hydrogen-bond donors (Lipinski definition) is 2. The third-order valence-corrected chi connectivity index (χ3v) is 2.78. The highest BCUT2D eigenvalue weighted by atomic mass is 32.2. The summed E-state index contributed by atoms with van der Waals surface area (Å²) in [5.74, 6) is -0.235. The molecule has 2 heterocycles. The van der Waals surface area contributed by atoms with E-state index in [0.717, 1.165) is 11.8 Å². The second-order valence-electron chi connectivity index (χ2n) is 3.10. The minimum Gasteiger partial charge on any atom is -0.465 e. The van der Waals surface area contributed by atoms with Crippen molar-refractivity contribution in [3.63, 3.8) is 0 Å². The maximum atomic E-state index is 11.5. The highest BCUT2D eigenvalue weighted by Gasteiger charge is 2.08. The Balaban J connectivity index is 2.14. The van der Waals surface area contributed by atoms with E-state index in [1.807, 2.05) is 0 Å². The standard InChI is InChI=1S/C9H10N4O3S/c1-2-16-6(14)4-17-9-11-7-5(3-10-13-7)8(15)12-9/h3H,2,4H2,1H3,(H2,10,11,12,13,15). The molecular weight excluding hydrogens is 244 g/mol. The van der Waals surface area contributed by atoms with E-state index in [2.05, 4.69) is 20.2 Å². The number of aromatic nitrogens is 4. The van der Waals surface area contributed by atoms with E-state index in [1.54, 1.807) is 6.92 Å². The number of nitrogens with one attached hydrogen (secondary N) is 2. The summed E-state index contributed by atoms with van der Waals surface area (Å²) in [5.41, 5.74) is 0.121. The van der Waals surface area contributed by atoms with Crippen LogP contribution in [0.1, 0.15) is 6.92 Å². The summed E-state index contributed by atoms with van der Waals surface area (Å²) in [7, 11) is 0. The van der Waals surface area contributed by atoms with Crippen molar-refractivity contribution in [1.29, 1.82) is 0 Å². The molecule has 2 rings (SSSR count). The van der Waals surface area contributed by atoms with Crippen molar-refractivity contribution < 1.29 is 9.53 Å². The lowest BCUT2D eigenvalue weighted by molar-refractivity contribution is -0.139. The van der Waals surface area contributed by atoms with Gasteiger partial charge in [-0.1, -0.05) is 11.8 Å². The zero-order valence-electron chi connectivity index (χ0n) is 9.02. The minimum absolute atomic E-state index is 0.108. The van der Waals surface area contributed by atoms with E-state index in [1.165, 1.54) is 6.20 Å². The summed E-state index contributed by atoms with van der Waals surface area (Å²) < 4.78 is 4.77. The lowest BCUT2D eigenvalue weighted by Gasteiger charge is -2.01. The number of thioether (sulfide) groups is 1. The number of rotatable bonds is 4. The summed E-state index contributed by atoms with van der Waals surface area (Å²) >= 11 is 1.11. The molecule has 0 unspecified atom stereocenters. The third-order valence-electron chi connectivity index (χ3n) is 1.93. The molecule has 0 aromatic carbocycles. The normalized spacial score (nSPS) is 10.6. The SMILES string of the molecule is CCOC(=O)CSc1nc2[nH]ncc2c(=O)[nH]1. The average Bonchev–Trinajstić information content (AvgIpc) is 2.75. The van der Waals surface area contributed by atoms with Gasteiger partial charge < -0.3 is 9.72 Å². The Morgan fingerprint density at radius 1 is 1.59 bits per heavy atom. The molecule has 2 aromatic heterocycles. The zero-order valence-corrected chi connectivity index (χ0v) is 9.84. The number of nitrogens with zero attached hydrogens (tertiary/aromatic N) is 2. The number of H-pyrrole nitrogens is 2. The van der Waals surface area contributed by atoms with Crippen LogP contribution in [-0.2, 0) is 9.53 Å². The number of aromatic amines is 2. The van der Waals surface area contributed by atoms with Gasteiger partial charge in [0.25, 0.3) is 5.56 Å². The van der Waals surface area contributed by atoms with Crippen molar-refractivity contribution in [2.75, 3.05) is 12.4 Å². The summed E-state index contributed by atoms with van der Waals surface area (Å²) in [5, 5.41) is 7.08. The Morgan fingerprint density at radius 3 is 3.18 bits per heavy atom. The Morgan fingerprint density at radius 2 is 2.41 bits per heavy atom. The maximum absolute atomic E-state index is 11.5. The van der Waals surface area contributed by atoms with E-state index in [4.69, 9.17) is 4.74 Å². The molecule has 0 spiro atoms. The summed E-state index contributed by atoms with van der Waals surface area (Å²) in [6.45, 7) is 2.07. The molecule has 7 nitrogen and oxygen atoms in total. The van der Waals surface area contributed by atoms with Crippen molar-refractivity contribution in [3.05, 3.63) is 16.6 Å². The number of fused-ring (bicyclic) bond motifs is 1. The second kappa shape index (κ2) is 5.00. The number of carbonyl (C=O) groups is 1. The first kappa shape index (κ1) is 11.6. The smallest absolute Gasteiger partial charge is 0.316 e. The fourth-order valence-corrected chi connectivity index (χ4v) is 1.88. The van der Waals surface area contributed by atoms with Crippen LogP contribution >= 0.6 is 11.8 Å². The molecule has 8 heteroatoms. The number of esters is 1. The minimum atomic E-state index is -0.343. The molecule has 0 amide bonds. The van der Waals surface area contributed by atoms with Crippen LogP contribution in [0.3, 0.4) is 0 Å². The average molecular weight is 254 g/mol. The molecule has 0 bridgehead atoms. The van der Waals surface area contributed by atoms with Crippen LogP contribution in [0, 0.1) is 0 Å². The van der Waals surface area contributed by atoms with Crippen LogP contribution in [0.5, 0.6) is 0 Å². The van der Waals surface area contributed by atoms with Gasteiger partial charge in [-0.15, -0.1) is 0 Å². The number of carbonyl (C=O) groups excluding carboxylic acids is 1. The molecular formula is C9H10N4O3S. The van der Waals surface area contributed by atoms with Crippen LogP contribution in [0.4, 0.5) is 0 Å². The van der Waals surface area contributed by atoms with Crippen molar-refractivity contribution in [3.8, 4) is 0 Å². The largest absolute Gasteiger partial charge is 0.465 e. The van der Waals surface area contributed by atoms with Gasteiger partial charge in [0.15, 0.2) is 10.8 Å². The van der Waals surface area contributed by atoms with Crippen molar-refractivity contribution >= 4 is 28.8 Å². The molecule has 0 saturated heterocycles. The zero-order chi connectivity index (χ0) is 12.3. The van der Waals surface area contributed by atoms with E-state index in [0.29, 0.717) is 22.8 Å². The van der Waals surface area contributed by atoms with Gasteiger partial charge in [0.2, 0.25) is 0 Å². The van der Waals surface area contributed by atoms with Gasteiger partial charge >= 0.3 is 5.97 Å². The summed E-state index contributed by atoms with van der Waals surface area (Å²) in [4.78, 5) is 29.3. The molecule has 0 radical (unpaired) electrons. The second-order valence-corrected chi connectivity index (χ2v) is 4.06. The Kier molecular flexibility index (Phi) is 3.43. The predicted molar refractivity (Wildman–Crippen MR) is 61.9 cm³/mol. The third kappa shape index (κ3) is 2.64. The van der Waals surface area contributed by atoms with Gasteiger partial charge in [-0.25, -0.2) is 4.98 Å². The maximum Gasteiger partial charge on any atom is 0.316 e. The lowest BCUT2D eigenvalue weighted by atomic mass is 10.4.